The normalized spacial score (nSPS) is 19.0. The molecule has 2 aromatic carbocycles. The third-order valence-corrected chi connectivity index (χ3v) is 7.21. The molecular weight excluding hydrogens is 410 g/mol. The van der Waals surface area contributed by atoms with Crippen LogP contribution in [-0.2, 0) is 21.2 Å². The van der Waals surface area contributed by atoms with Gasteiger partial charge in [-0.15, -0.1) is 0 Å². The number of sulfone groups is 1. The van der Waals surface area contributed by atoms with Gasteiger partial charge in [0.2, 0.25) is 0 Å². The zero-order valence-corrected chi connectivity index (χ0v) is 18.5. The second-order valence-corrected chi connectivity index (χ2v) is 10.3. The van der Waals surface area contributed by atoms with E-state index in [9.17, 15) is 13.2 Å². The highest BCUT2D eigenvalue weighted by molar-refractivity contribution is 7.91. The molecule has 0 radical (unpaired) electrons. The number of hydrogen-bond acceptors (Lipinski definition) is 4. The smallest absolute Gasteiger partial charge is 0.263 e. The predicted octanol–water partition coefficient (Wildman–Crippen LogP) is 3.94. The van der Waals surface area contributed by atoms with E-state index in [1.807, 2.05) is 50.2 Å². The van der Waals surface area contributed by atoms with Crippen LogP contribution in [0.3, 0.4) is 0 Å². The molecular formula is C22H26ClNO4S. The van der Waals surface area contributed by atoms with Crippen LogP contribution in [0.5, 0.6) is 5.75 Å². The van der Waals surface area contributed by atoms with Crippen molar-refractivity contribution < 1.29 is 17.9 Å². The van der Waals surface area contributed by atoms with E-state index in [1.54, 1.807) is 17.9 Å². The molecule has 2 aromatic rings. The summed E-state index contributed by atoms with van der Waals surface area (Å²) in [5.41, 5.74) is 2.88. The third kappa shape index (κ3) is 5.52. The van der Waals surface area contributed by atoms with Crippen molar-refractivity contribution >= 4 is 27.3 Å². The molecule has 0 aromatic heterocycles. The van der Waals surface area contributed by atoms with E-state index < -0.39 is 15.9 Å². The van der Waals surface area contributed by atoms with Crippen molar-refractivity contribution in [3.63, 3.8) is 0 Å². The van der Waals surface area contributed by atoms with Crippen LogP contribution < -0.4 is 4.74 Å². The van der Waals surface area contributed by atoms with Gasteiger partial charge in [0.15, 0.2) is 15.9 Å². The fraction of sp³-hybridized carbons (Fsp3) is 0.409. The van der Waals surface area contributed by atoms with Crippen LogP contribution in [0.25, 0.3) is 0 Å². The lowest BCUT2D eigenvalue weighted by atomic mass is 10.1. The van der Waals surface area contributed by atoms with E-state index in [-0.39, 0.29) is 30.0 Å². The third-order valence-electron chi connectivity index (χ3n) is 5.09. The number of carbonyl (C=O) groups is 1. The molecule has 0 bridgehead atoms. The van der Waals surface area contributed by atoms with Crippen molar-refractivity contribution in [1.82, 2.24) is 4.90 Å². The monoisotopic (exact) mass is 435 g/mol. The van der Waals surface area contributed by atoms with Crippen LogP contribution in [-0.4, -0.2) is 42.9 Å². The highest BCUT2D eigenvalue weighted by Gasteiger charge is 2.36. The van der Waals surface area contributed by atoms with Gasteiger partial charge < -0.3 is 9.64 Å². The highest BCUT2D eigenvalue weighted by Crippen LogP contribution is 2.25. The van der Waals surface area contributed by atoms with E-state index in [4.69, 9.17) is 16.3 Å². The quantitative estimate of drug-likeness (QED) is 0.689. The van der Waals surface area contributed by atoms with Crippen LogP contribution >= 0.6 is 11.6 Å². The summed E-state index contributed by atoms with van der Waals surface area (Å²) in [6.07, 6.45) is -0.323. The van der Waals surface area contributed by atoms with Gasteiger partial charge in [-0.2, -0.15) is 0 Å². The van der Waals surface area contributed by atoms with Crippen LogP contribution in [0.2, 0.25) is 5.02 Å². The van der Waals surface area contributed by atoms with E-state index >= 15 is 0 Å². The molecule has 0 saturated carbocycles. The van der Waals surface area contributed by atoms with E-state index in [2.05, 4.69) is 0 Å². The van der Waals surface area contributed by atoms with Crippen LogP contribution in [0.15, 0.2) is 42.5 Å². The minimum Gasteiger partial charge on any atom is -0.481 e. The summed E-state index contributed by atoms with van der Waals surface area (Å²) < 4.78 is 30.0. The van der Waals surface area contributed by atoms with Gasteiger partial charge in [-0.05, 0) is 62.1 Å². The lowest BCUT2D eigenvalue weighted by Gasteiger charge is -2.31. The molecule has 1 aliphatic rings. The summed E-state index contributed by atoms with van der Waals surface area (Å²) in [5, 5.41) is 0.550. The van der Waals surface area contributed by atoms with Gasteiger partial charge in [0, 0.05) is 17.6 Å². The molecule has 0 spiro atoms. The standard InChI is InChI=1S/C22H26ClNO4S/c1-15-10-16(2)12-20(11-15)28-17(3)22(25)24(19-8-9-29(26,27)14-19)13-18-6-4-5-7-21(18)23/h4-7,10-12,17,19H,8-9,13-14H2,1-3H3. The van der Waals surface area contributed by atoms with Crippen molar-refractivity contribution in [2.75, 3.05) is 11.5 Å². The maximum Gasteiger partial charge on any atom is 0.263 e. The summed E-state index contributed by atoms with van der Waals surface area (Å²) in [6.45, 7) is 5.89. The number of benzene rings is 2. The molecule has 5 nitrogen and oxygen atoms in total. The van der Waals surface area contributed by atoms with Gasteiger partial charge in [0.1, 0.15) is 5.75 Å². The summed E-state index contributed by atoms with van der Waals surface area (Å²) in [4.78, 5) is 14.9. The molecule has 156 valence electrons. The molecule has 2 unspecified atom stereocenters. The van der Waals surface area contributed by atoms with E-state index in [1.165, 1.54) is 0 Å². The maximum atomic E-state index is 13.3. The van der Waals surface area contributed by atoms with Crippen molar-refractivity contribution in [3.8, 4) is 5.75 Å². The Balaban J connectivity index is 1.84. The zero-order valence-electron chi connectivity index (χ0n) is 16.9. The molecule has 7 heteroatoms. The summed E-state index contributed by atoms with van der Waals surface area (Å²) >= 11 is 6.29. The van der Waals surface area contributed by atoms with Crippen molar-refractivity contribution in [2.45, 2.75) is 45.9 Å². The number of aryl methyl sites for hydroxylation is 2. The fourth-order valence-corrected chi connectivity index (χ4v) is 5.63. The lowest BCUT2D eigenvalue weighted by Crippen LogP contribution is -2.46. The van der Waals surface area contributed by atoms with Crippen LogP contribution in [0.1, 0.15) is 30.0 Å². The number of halogens is 1. The molecule has 2 atom stereocenters. The summed E-state index contributed by atoms with van der Waals surface area (Å²) in [5.74, 6) is 0.446. The first kappa shape index (κ1) is 21.7. The second-order valence-electron chi connectivity index (χ2n) is 7.70. The molecule has 29 heavy (non-hydrogen) atoms. The Bertz CT molecular complexity index is 985. The second kappa shape index (κ2) is 8.76. The average molecular weight is 436 g/mol. The van der Waals surface area contributed by atoms with Gasteiger partial charge in [-0.3, -0.25) is 4.79 Å². The number of hydrogen-bond donors (Lipinski definition) is 0. The first-order valence-corrected chi connectivity index (χ1v) is 11.8. The Hall–Kier alpha value is -2.05. The lowest BCUT2D eigenvalue weighted by molar-refractivity contribution is -0.140. The molecule has 1 amide bonds. The van der Waals surface area contributed by atoms with Gasteiger partial charge in [-0.1, -0.05) is 35.9 Å². The molecule has 1 heterocycles. The molecule has 1 fully saturated rings. The summed E-state index contributed by atoms with van der Waals surface area (Å²) in [6, 6.07) is 12.7. The highest BCUT2D eigenvalue weighted by atomic mass is 35.5. The first-order valence-electron chi connectivity index (χ1n) is 9.64. The van der Waals surface area contributed by atoms with E-state index in [0.717, 1.165) is 16.7 Å². The number of amides is 1. The van der Waals surface area contributed by atoms with Gasteiger partial charge in [-0.25, -0.2) is 8.42 Å². The van der Waals surface area contributed by atoms with Crippen molar-refractivity contribution in [2.24, 2.45) is 0 Å². The Morgan fingerprint density at radius 2 is 1.86 bits per heavy atom. The minimum absolute atomic E-state index is 0.0283. The van der Waals surface area contributed by atoms with Gasteiger partial charge in [0.25, 0.3) is 5.91 Å². The molecule has 3 rings (SSSR count). The Kier molecular flexibility index (Phi) is 6.54. The van der Waals surface area contributed by atoms with Crippen LogP contribution in [0, 0.1) is 13.8 Å². The molecule has 0 aliphatic carbocycles. The zero-order chi connectivity index (χ0) is 21.2. The average Bonchev–Trinajstić information content (AvgIpc) is 2.99. The van der Waals surface area contributed by atoms with Crippen LogP contribution in [0.4, 0.5) is 0 Å². The number of carbonyl (C=O) groups excluding carboxylic acids is 1. The molecule has 0 N–H and O–H groups in total. The topological polar surface area (TPSA) is 63.7 Å². The number of rotatable bonds is 6. The maximum absolute atomic E-state index is 13.3. The van der Waals surface area contributed by atoms with Crippen molar-refractivity contribution in [3.05, 3.63) is 64.2 Å². The SMILES string of the molecule is Cc1cc(C)cc(OC(C)C(=O)N(Cc2ccccc2Cl)C2CCS(=O)(=O)C2)c1. The predicted molar refractivity (Wildman–Crippen MR) is 115 cm³/mol. The Morgan fingerprint density at radius 3 is 2.45 bits per heavy atom. The first-order chi connectivity index (χ1) is 13.6. The largest absolute Gasteiger partial charge is 0.481 e. The molecule has 1 aliphatic heterocycles. The fourth-order valence-electron chi connectivity index (χ4n) is 3.71. The molecule has 1 saturated heterocycles. The number of ether oxygens (including phenoxy) is 1. The van der Waals surface area contributed by atoms with Gasteiger partial charge in [0.05, 0.1) is 11.5 Å². The summed E-state index contributed by atoms with van der Waals surface area (Å²) in [7, 11) is -3.14. The van der Waals surface area contributed by atoms with E-state index in [0.29, 0.717) is 17.2 Å². The Morgan fingerprint density at radius 1 is 1.21 bits per heavy atom. The minimum atomic E-state index is -3.14. The Labute approximate surface area is 177 Å². The number of nitrogens with zero attached hydrogens (tertiary/aromatic N) is 1. The van der Waals surface area contributed by atoms with Gasteiger partial charge >= 0.3 is 0 Å². The van der Waals surface area contributed by atoms with Crippen molar-refractivity contribution in [1.29, 1.82) is 0 Å².